The largest absolute Gasteiger partial charge is 0.343 e. The number of nitrogens with zero attached hydrogens (tertiary/aromatic N) is 1. The molecule has 1 fully saturated rings. The maximum atomic E-state index is 6.22. The van der Waals surface area contributed by atoms with Crippen LogP contribution in [0, 0.1) is 4.64 Å². The molecule has 0 saturated heterocycles. The summed E-state index contributed by atoms with van der Waals surface area (Å²) in [7, 11) is 0. The minimum absolute atomic E-state index is 0.518. The molecule has 1 saturated carbocycles. The van der Waals surface area contributed by atoms with Gasteiger partial charge in [0.25, 0.3) is 0 Å². The molecular weight excluding hydrogens is 287 g/mol. The van der Waals surface area contributed by atoms with Crippen LogP contribution in [0.25, 0.3) is 11.3 Å². The van der Waals surface area contributed by atoms with Gasteiger partial charge in [0.15, 0.2) is 0 Å². The van der Waals surface area contributed by atoms with Gasteiger partial charge in [-0.25, -0.2) is 4.98 Å². The summed E-state index contributed by atoms with van der Waals surface area (Å²) in [4.78, 5) is 7.67. The summed E-state index contributed by atoms with van der Waals surface area (Å²) in [5.74, 6) is 1.47. The number of hydrogen-bond acceptors (Lipinski definition) is 2. The third kappa shape index (κ3) is 2.30. The maximum Gasteiger partial charge on any atom is 0.130 e. The van der Waals surface area contributed by atoms with Crippen molar-refractivity contribution in [1.29, 1.82) is 0 Å². The maximum absolute atomic E-state index is 6.22. The molecule has 0 radical (unpaired) electrons. The number of hydrogen-bond donors (Lipinski definition) is 1. The summed E-state index contributed by atoms with van der Waals surface area (Å²) in [6, 6.07) is 7.38. The zero-order chi connectivity index (χ0) is 12.7. The highest BCUT2D eigenvalue weighted by atomic mass is 35.5. The zero-order valence-corrected chi connectivity index (χ0v) is 11.7. The van der Waals surface area contributed by atoms with Crippen LogP contribution in [0.4, 0.5) is 0 Å². The molecule has 0 atom stereocenters. The molecule has 1 aromatic heterocycles. The summed E-state index contributed by atoms with van der Waals surface area (Å²) in [5.41, 5.74) is 1.74. The van der Waals surface area contributed by atoms with Crippen molar-refractivity contribution in [2.45, 2.75) is 18.8 Å². The molecule has 0 spiro atoms. The molecule has 1 heterocycles. The number of benzene rings is 1. The summed E-state index contributed by atoms with van der Waals surface area (Å²) in [6.07, 6.45) is 2.34. The van der Waals surface area contributed by atoms with Crippen LogP contribution in [-0.4, -0.2) is 9.97 Å². The molecule has 0 unspecified atom stereocenters. The highest BCUT2D eigenvalue weighted by Crippen LogP contribution is 2.39. The van der Waals surface area contributed by atoms with Gasteiger partial charge in [0, 0.05) is 11.5 Å². The smallest absolute Gasteiger partial charge is 0.130 e. The van der Waals surface area contributed by atoms with E-state index in [4.69, 9.17) is 35.4 Å². The van der Waals surface area contributed by atoms with Gasteiger partial charge in [-0.15, -0.1) is 0 Å². The number of aromatic nitrogens is 2. The number of halogens is 2. The third-order valence-electron chi connectivity index (χ3n) is 2.97. The summed E-state index contributed by atoms with van der Waals surface area (Å²) in [5, 5.41) is 1.08. The van der Waals surface area contributed by atoms with Crippen LogP contribution in [0.15, 0.2) is 24.3 Å². The lowest BCUT2D eigenvalue weighted by atomic mass is 10.1. The van der Waals surface area contributed by atoms with E-state index in [2.05, 4.69) is 9.97 Å². The molecular formula is C13H10Cl2N2S. The SMILES string of the molecule is S=c1cc(-c2cccc(Cl)c2Cl)[nH]c(C2CC2)n1. The Morgan fingerprint density at radius 3 is 2.78 bits per heavy atom. The molecule has 0 amide bonds. The summed E-state index contributed by atoms with van der Waals surface area (Å²) >= 11 is 17.5. The zero-order valence-electron chi connectivity index (χ0n) is 9.41. The lowest BCUT2D eigenvalue weighted by Crippen LogP contribution is -1.95. The lowest BCUT2D eigenvalue weighted by molar-refractivity contribution is 0.924. The highest BCUT2D eigenvalue weighted by molar-refractivity contribution is 7.71. The van der Waals surface area contributed by atoms with E-state index in [1.165, 1.54) is 12.8 Å². The van der Waals surface area contributed by atoms with Gasteiger partial charge in [0.2, 0.25) is 0 Å². The van der Waals surface area contributed by atoms with Gasteiger partial charge in [-0.3, -0.25) is 0 Å². The van der Waals surface area contributed by atoms with E-state index in [0.29, 0.717) is 20.6 Å². The van der Waals surface area contributed by atoms with Gasteiger partial charge < -0.3 is 4.98 Å². The summed E-state index contributed by atoms with van der Waals surface area (Å²) in [6.45, 7) is 0. The second-order valence-corrected chi connectivity index (χ2v) is 5.60. The Hall–Kier alpha value is -0.900. The minimum atomic E-state index is 0.518. The number of rotatable bonds is 2. The molecule has 1 aliphatic rings. The van der Waals surface area contributed by atoms with Crippen LogP contribution in [0.5, 0.6) is 0 Å². The Balaban J connectivity index is 2.16. The molecule has 2 nitrogen and oxygen atoms in total. The van der Waals surface area contributed by atoms with Gasteiger partial charge in [-0.2, -0.15) is 0 Å². The van der Waals surface area contributed by atoms with Crippen LogP contribution in [0.2, 0.25) is 10.0 Å². The Bertz CT molecular complexity index is 662. The molecule has 1 N–H and O–H groups in total. The van der Waals surface area contributed by atoms with Crippen LogP contribution >= 0.6 is 35.4 Å². The number of H-pyrrole nitrogens is 1. The molecule has 18 heavy (non-hydrogen) atoms. The molecule has 0 aliphatic heterocycles. The van der Waals surface area contributed by atoms with E-state index in [1.807, 2.05) is 18.2 Å². The fourth-order valence-electron chi connectivity index (χ4n) is 1.88. The highest BCUT2D eigenvalue weighted by Gasteiger charge is 2.26. The minimum Gasteiger partial charge on any atom is -0.343 e. The summed E-state index contributed by atoms with van der Waals surface area (Å²) < 4.78 is 0.585. The van der Waals surface area contributed by atoms with Crippen LogP contribution in [0.3, 0.4) is 0 Å². The second-order valence-electron chi connectivity index (χ2n) is 4.39. The topological polar surface area (TPSA) is 28.7 Å². The van der Waals surface area contributed by atoms with Crippen LogP contribution in [-0.2, 0) is 0 Å². The first kappa shape index (κ1) is 12.2. The van der Waals surface area contributed by atoms with E-state index in [9.17, 15) is 0 Å². The van der Waals surface area contributed by atoms with Crippen molar-refractivity contribution in [3.8, 4) is 11.3 Å². The second kappa shape index (κ2) is 4.65. The van der Waals surface area contributed by atoms with E-state index >= 15 is 0 Å². The lowest BCUT2D eigenvalue weighted by Gasteiger charge is -2.08. The van der Waals surface area contributed by atoms with Gasteiger partial charge in [-0.05, 0) is 25.0 Å². The van der Waals surface area contributed by atoms with E-state index < -0.39 is 0 Å². The fraction of sp³-hybridized carbons (Fsp3) is 0.231. The Morgan fingerprint density at radius 1 is 1.28 bits per heavy atom. The van der Waals surface area contributed by atoms with Gasteiger partial charge in [0.1, 0.15) is 10.5 Å². The Labute approximate surface area is 120 Å². The molecule has 2 aromatic rings. The first-order valence-electron chi connectivity index (χ1n) is 5.71. The van der Waals surface area contributed by atoms with Crippen molar-refractivity contribution in [1.82, 2.24) is 9.97 Å². The van der Waals surface area contributed by atoms with Gasteiger partial charge in [0.05, 0.1) is 15.7 Å². The molecule has 3 rings (SSSR count). The Kier molecular flexibility index (Phi) is 3.14. The monoisotopic (exact) mass is 296 g/mol. The average Bonchev–Trinajstić information content (AvgIpc) is 3.16. The van der Waals surface area contributed by atoms with Crippen LogP contribution in [0.1, 0.15) is 24.6 Å². The van der Waals surface area contributed by atoms with Gasteiger partial charge in [-0.1, -0.05) is 47.6 Å². The first-order chi connectivity index (χ1) is 8.65. The van der Waals surface area contributed by atoms with Crippen molar-refractivity contribution in [2.24, 2.45) is 0 Å². The normalized spacial score (nSPS) is 14.8. The Morgan fingerprint density at radius 2 is 2.06 bits per heavy atom. The first-order valence-corrected chi connectivity index (χ1v) is 6.87. The predicted molar refractivity (Wildman–Crippen MR) is 76.9 cm³/mol. The fourth-order valence-corrected chi connectivity index (χ4v) is 2.50. The molecule has 1 aromatic carbocycles. The quantitative estimate of drug-likeness (QED) is 0.791. The molecule has 92 valence electrons. The van der Waals surface area contributed by atoms with Crippen LogP contribution < -0.4 is 0 Å². The van der Waals surface area contributed by atoms with Crippen molar-refractivity contribution in [2.75, 3.05) is 0 Å². The standard InChI is InChI=1S/C13H10Cl2N2S/c14-9-3-1-2-8(12(9)15)10-6-11(18)17-13(16-10)7-4-5-7/h1-3,6-7H,4-5H2,(H,16,17,18). The van der Waals surface area contributed by atoms with Gasteiger partial charge >= 0.3 is 0 Å². The van der Waals surface area contributed by atoms with E-state index in [0.717, 1.165) is 17.1 Å². The van der Waals surface area contributed by atoms with Crippen molar-refractivity contribution < 1.29 is 0 Å². The number of aromatic amines is 1. The number of nitrogens with one attached hydrogen (secondary N) is 1. The van der Waals surface area contributed by atoms with Crippen molar-refractivity contribution >= 4 is 35.4 Å². The van der Waals surface area contributed by atoms with E-state index in [-0.39, 0.29) is 0 Å². The third-order valence-corrected chi connectivity index (χ3v) is 4.00. The molecule has 0 bridgehead atoms. The molecule has 5 heteroatoms. The van der Waals surface area contributed by atoms with Crippen molar-refractivity contribution in [3.63, 3.8) is 0 Å². The predicted octanol–water partition coefficient (Wildman–Crippen LogP) is 4.99. The molecule has 1 aliphatic carbocycles. The van der Waals surface area contributed by atoms with Crippen molar-refractivity contribution in [3.05, 3.63) is 44.8 Å². The average molecular weight is 297 g/mol. The van der Waals surface area contributed by atoms with E-state index in [1.54, 1.807) is 6.07 Å².